The molecule has 0 radical (unpaired) electrons. The van der Waals surface area contributed by atoms with Crippen LogP contribution in [0.4, 0.5) is 0 Å². The Bertz CT molecular complexity index is 201. The predicted octanol–water partition coefficient (Wildman–Crippen LogP) is 2.71. The largest absolute Gasteiger partial charge is 0.394 e. The number of nitrogens with one attached hydrogen (secondary N) is 1. The summed E-state index contributed by atoms with van der Waals surface area (Å²) in [5, 5.41) is 13.2. The van der Waals surface area contributed by atoms with E-state index in [4.69, 9.17) is 0 Å². The number of aliphatic hydroxyl groups is 1. The molecule has 1 saturated carbocycles. The summed E-state index contributed by atoms with van der Waals surface area (Å²) in [6.45, 7) is 9.29. The highest BCUT2D eigenvalue weighted by Gasteiger charge is 2.35. The fourth-order valence-corrected chi connectivity index (χ4v) is 2.69. The van der Waals surface area contributed by atoms with Crippen LogP contribution in [0.2, 0.25) is 0 Å². The van der Waals surface area contributed by atoms with Gasteiger partial charge in [0.2, 0.25) is 0 Å². The van der Waals surface area contributed by atoms with Crippen molar-refractivity contribution in [1.82, 2.24) is 5.32 Å². The predicted molar refractivity (Wildman–Crippen MR) is 65.0 cm³/mol. The van der Waals surface area contributed by atoms with Gasteiger partial charge in [-0.25, -0.2) is 0 Å². The van der Waals surface area contributed by atoms with Crippen molar-refractivity contribution in [2.45, 2.75) is 71.4 Å². The zero-order chi connectivity index (χ0) is 11.5. The Morgan fingerprint density at radius 1 is 1.13 bits per heavy atom. The van der Waals surface area contributed by atoms with E-state index in [-0.39, 0.29) is 12.1 Å². The van der Waals surface area contributed by atoms with E-state index in [0.29, 0.717) is 11.5 Å². The molecule has 0 heterocycles. The highest BCUT2D eigenvalue weighted by Crippen LogP contribution is 2.38. The Morgan fingerprint density at radius 2 is 1.80 bits per heavy atom. The lowest BCUT2D eigenvalue weighted by atomic mass is 9.83. The molecule has 90 valence electrons. The summed E-state index contributed by atoms with van der Waals surface area (Å²) in [4.78, 5) is 0. The molecule has 0 aliphatic heterocycles. The van der Waals surface area contributed by atoms with Crippen LogP contribution >= 0.6 is 0 Å². The van der Waals surface area contributed by atoms with Crippen LogP contribution in [-0.4, -0.2) is 23.3 Å². The zero-order valence-electron chi connectivity index (χ0n) is 10.8. The van der Waals surface area contributed by atoms with Gasteiger partial charge in [0.25, 0.3) is 0 Å². The normalized spacial score (nSPS) is 31.6. The topological polar surface area (TPSA) is 32.3 Å². The van der Waals surface area contributed by atoms with Gasteiger partial charge >= 0.3 is 0 Å². The van der Waals surface area contributed by atoms with Crippen molar-refractivity contribution >= 4 is 0 Å². The van der Waals surface area contributed by atoms with Gasteiger partial charge in [0.15, 0.2) is 0 Å². The summed E-state index contributed by atoms with van der Waals surface area (Å²) in [6.07, 6.45) is 5.95. The van der Waals surface area contributed by atoms with Crippen molar-refractivity contribution in [2.75, 3.05) is 6.61 Å². The molecule has 1 aliphatic rings. The Morgan fingerprint density at radius 3 is 2.33 bits per heavy atom. The van der Waals surface area contributed by atoms with Crippen molar-refractivity contribution in [1.29, 1.82) is 0 Å². The van der Waals surface area contributed by atoms with Crippen molar-refractivity contribution in [3.05, 3.63) is 0 Å². The van der Waals surface area contributed by atoms with E-state index in [2.05, 4.69) is 33.0 Å². The molecule has 2 nitrogen and oxygen atoms in total. The van der Waals surface area contributed by atoms with Gasteiger partial charge in [0.05, 0.1) is 6.61 Å². The minimum absolute atomic E-state index is 0.0120. The first kappa shape index (κ1) is 13.0. The zero-order valence-corrected chi connectivity index (χ0v) is 10.8. The summed E-state index contributed by atoms with van der Waals surface area (Å²) >= 11 is 0. The maximum Gasteiger partial charge on any atom is 0.0613 e. The van der Waals surface area contributed by atoms with Crippen LogP contribution in [0.1, 0.15) is 59.8 Å². The van der Waals surface area contributed by atoms with E-state index in [1.165, 1.54) is 19.3 Å². The van der Waals surface area contributed by atoms with Gasteiger partial charge in [-0.3, -0.25) is 0 Å². The highest BCUT2D eigenvalue weighted by atomic mass is 16.3. The van der Waals surface area contributed by atoms with Crippen molar-refractivity contribution in [3.8, 4) is 0 Å². The van der Waals surface area contributed by atoms with E-state index < -0.39 is 0 Å². The Kier molecular flexibility index (Phi) is 4.19. The highest BCUT2D eigenvalue weighted by molar-refractivity contribution is 4.93. The summed E-state index contributed by atoms with van der Waals surface area (Å²) in [5.41, 5.74) is 0.442. The molecule has 0 saturated heterocycles. The van der Waals surface area contributed by atoms with Gasteiger partial charge in [0, 0.05) is 11.6 Å². The van der Waals surface area contributed by atoms with Gasteiger partial charge in [-0.05, 0) is 31.1 Å². The molecule has 0 aromatic heterocycles. The van der Waals surface area contributed by atoms with Crippen LogP contribution in [0.15, 0.2) is 0 Å². The van der Waals surface area contributed by atoms with Crippen LogP contribution < -0.4 is 5.32 Å². The second kappa shape index (κ2) is 4.84. The third kappa shape index (κ3) is 3.76. The number of aliphatic hydroxyl groups excluding tert-OH is 1. The van der Waals surface area contributed by atoms with Gasteiger partial charge in [-0.15, -0.1) is 0 Å². The molecule has 15 heavy (non-hydrogen) atoms. The SMILES string of the molecule is CC(C)NC1(CO)CCCC(C)(C)CC1. The minimum atomic E-state index is -0.0120. The lowest BCUT2D eigenvalue weighted by Crippen LogP contribution is -2.51. The van der Waals surface area contributed by atoms with Crippen LogP contribution in [-0.2, 0) is 0 Å². The first-order chi connectivity index (χ1) is 6.89. The lowest BCUT2D eigenvalue weighted by Gasteiger charge is -2.34. The van der Waals surface area contributed by atoms with Crippen LogP contribution in [0.25, 0.3) is 0 Å². The standard InChI is InChI=1S/C13H27NO/c1-11(2)14-13(10-15)7-5-6-12(3,4)8-9-13/h11,14-15H,5-10H2,1-4H3. The minimum Gasteiger partial charge on any atom is -0.394 e. The Labute approximate surface area is 94.5 Å². The molecule has 1 rings (SSSR count). The van der Waals surface area contributed by atoms with Crippen LogP contribution in [0.3, 0.4) is 0 Å². The molecule has 0 bridgehead atoms. The summed E-state index contributed by atoms with van der Waals surface area (Å²) in [7, 11) is 0. The summed E-state index contributed by atoms with van der Waals surface area (Å²) < 4.78 is 0. The molecule has 0 aromatic rings. The average molecular weight is 213 g/mol. The first-order valence-electron chi connectivity index (χ1n) is 6.28. The summed E-state index contributed by atoms with van der Waals surface area (Å²) in [6, 6.07) is 0.457. The van der Waals surface area contributed by atoms with E-state index >= 15 is 0 Å². The molecule has 0 aromatic carbocycles. The van der Waals surface area contributed by atoms with Crippen LogP contribution in [0.5, 0.6) is 0 Å². The fraction of sp³-hybridized carbons (Fsp3) is 1.00. The van der Waals surface area contributed by atoms with E-state index in [9.17, 15) is 5.11 Å². The molecular weight excluding hydrogens is 186 g/mol. The van der Waals surface area contributed by atoms with Gasteiger partial charge in [0.1, 0.15) is 0 Å². The third-order valence-corrected chi connectivity index (χ3v) is 3.69. The fourth-order valence-electron chi connectivity index (χ4n) is 2.69. The molecule has 2 N–H and O–H groups in total. The molecule has 1 atom stereocenters. The average Bonchev–Trinajstić information content (AvgIpc) is 2.26. The molecule has 1 aliphatic carbocycles. The smallest absolute Gasteiger partial charge is 0.0613 e. The van der Waals surface area contributed by atoms with Gasteiger partial charge < -0.3 is 10.4 Å². The van der Waals surface area contributed by atoms with Crippen molar-refractivity contribution in [3.63, 3.8) is 0 Å². The number of hydrogen-bond donors (Lipinski definition) is 2. The Hall–Kier alpha value is -0.0800. The maximum absolute atomic E-state index is 9.62. The van der Waals surface area contributed by atoms with Crippen molar-refractivity contribution in [2.24, 2.45) is 5.41 Å². The second-order valence-corrected chi connectivity index (χ2v) is 6.26. The molecular formula is C13H27NO. The Balaban J connectivity index is 2.65. The molecule has 0 amide bonds. The van der Waals surface area contributed by atoms with Gasteiger partial charge in [-0.1, -0.05) is 34.1 Å². The lowest BCUT2D eigenvalue weighted by molar-refractivity contribution is 0.131. The monoisotopic (exact) mass is 213 g/mol. The molecule has 0 spiro atoms. The maximum atomic E-state index is 9.62. The van der Waals surface area contributed by atoms with Crippen LogP contribution in [0, 0.1) is 5.41 Å². The molecule has 2 heteroatoms. The van der Waals surface area contributed by atoms with Crippen molar-refractivity contribution < 1.29 is 5.11 Å². The van der Waals surface area contributed by atoms with E-state index in [1.807, 2.05) is 0 Å². The molecule has 1 fully saturated rings. The third-order valence-electron chi connectivity index (χ3n) is 3.69. The van der Waals surface area contributed by atoms with E-state index in [0.717, 1.165) is 12.8 Å². The quantitative estimate of drug-likeness (QED) is 0.707. The summed E-state index contributed by atoms with van der Waals surface area (Å²) in [5.74, 6) is 0. The first-order valence-corrected chi connectivity index (χ1v) is 6.28. The van der Waals surface area contributed by atoms with E-state index in [1.54, 1.807) is 0 Å². The number of rotatable bonds is 3. The molecule has 1 unspecified atom stereocenters. The van der Waals surface area contributed by atoms with Gasteiger partial charge in [-0.2, -0.15) is 0 Å². The number of hydrogen-bond acceptors (Lipinski definition) is 2. The second-order valence-electron chi connectivity index (χ2n) is 6.26.